The number of aromatic nitrogens is 3. The van der Waals surface area contributed by atoms with Crippen LogP contribution in [0.4, 0.5) is 5.82 Å². The van der Waals surface area contributed by atoms with Crippen molar-refractivity contribution in [2.45, 2.75) is 13.8 Å². The standard InChI is InChI=1S/C14H17N5.ClH/c1-9-3-4-11-12(7-9)19-10(2)8-17-14(19)13(18-11)16-6-5-15;/h3-4,7-8H,5-6,15H2,1-2H3,(H,16,18);1H. The van der Waals surface area contributed by atoms with Gasteiger partial charge in [-0.1, -0.05) is 6.07 Å². The van der Waals surface area contributed by atoms with E-state index >= 15 is 0 Å². The Balaban J connectivity index is 0.00000147. The Morgan fingerprint density at radius 1 is 1.30 bits per heavy atom. The maximum absolute atomic E-state index is 5.54. The molecule has 0 bridgehead atoms. The SMILES string of the molecule is Cc1ccc2nc(NCCN)c3ncc(C)n3c2c1.Cl. The molecular formula is C14H18ClN5. The molecule has 3 aromatic rings. The average Bonchev–Trinajstić information content (AvgIpc) is 2.79. The van der Waals surface area contributed by atoms with E-state index in [2.05, 4.69) is 45.7 Å². The van der Waals surface area contributed by atoms with Crippen molar-refractivity contribution in [1.29, 1.82) is 0 Å². The summed E-state index contributed by atoms with van der Waals surface area (Å²) in [6, 6.07) is 6.24. The van der Waals surface area contributed by atoms with Gasteiger partial charge in [-0.25, -0.2) is 9.97 Å². The highest BCUT2D eigenvalue weighted by atomic mass is 35.5. The van der Waals surface area contributed by atoms with E-state index in [4.69, 9.17) is 5.73 Å². The molecule has 0 aliphatic heterocycles. The highest BCUT2D eigenvalue weighted by Crippen LogP contribution is 2.23. The van der Waals surface area contributed by atoms with E-state index in [9.17, 15) is 0 Å². The number of nitrogens with two attached hydrogens (primary N) is 1. The van der Waals surface area contributed by atoms with Crippen LogP contribution in [0.25, 0.3) is 16.7 Å². The normalized spacial score (nSPS) is 10.8. The van der Waals surface area contributed by atoms with Gasteiger partial charge in [0.25, 0.3) is 0 Å². The second kappa shape index (κ2) is 5.64. The number of halogens is 1. The quantitative estimate of drug-likeness (QED) is 0.777. The molecule has 106 valence electrons. The lowest BCUT2D eigenvalue weighted by Crippen LogP contribution is -2.15. The molecule has 0 fully saturated rings. The Morgan fingerprint density at radius 3 is 2.85 bits per heavy atom. The summed E-state index contributed by atoms with van der Waals surface area (Å²) >= 11 is 0. The molecule has 0 saturated heterocycles. The summed E-state index contributed by atoms with van der Waals surface area (Å²) in [6.07, 6.45) is 1.87. The lowest BCUT2D eigenvalue weighted by molar-refractivity contribution is 1.01. The number of hydrogen-bond donors (Lipinski definition) is 2. The summed E-state index contributed by atoms with van der Waals surface area (Å²) in [4.78, 5) is 9.09. The van der Waals surface area contributed by atoms with Crippen LogP contribution in [0.1, 0.15) is 11.3 Å². The van der Waals surface area contributed by atoms with Gasteiger partial charge < -0.3 is 11.1 Å². The summed E-state index contributed by atoms with van der Waals surface area (Å²) in [5, 5.41) is 3.24. The van der Waals surface area contributed by atoms with Gasteiger partial charge in [-0.3, -0.25) is 4.40 Å². The zero-order valence-electron chi connectivity index (χ0n) is 11.6. The average molecular weight is 292 g/mol. The first-order valence-electron chi connectivity index (χ1n) is 6.39. The molecule has 0 saturated carbocycles. The van der Waals surface area contributed by atoms with Gasteiger partial charge in [0.05, 0.1) is 11.0 Å². The van der Waals surface area contributed by atoms with Crippen LogP contribution in [-0.4, -0.2) is 27.5 Å². The van der Waals surface area contributed by atoms with Crippen LogP contribution >= 0.6 is 12.4 Å². The molecular weight excluding hydrogens is 274 g/mol. The van der Waals surface area contributed by atoms with Gasteiger partial charge in [0.1, 0.15) is 0 Å². The molecule has 0 radical (unpaired) electrons. The minimum absolute atomic E-state index is 0. The molecule has 1 aromatic carbocycles. The second-order valence-corrected chi connectivity index (χ2v) is 4.73. The van der Waals surface area contributed by atoms with Gasteiger partial charge in [-0.2, -0.15) is 0 Å². The maximum Gasteiger partial charge on any atom is 0.180 e. The predicted molar refractivity (Wildman–Crippen MR) is 84.8 cm³/mol. The van der Waals surface area contributed by atoms with Gasteiger partial charge >= 0.3 is 0 Å². The van der Waals surface area contributed by atoms with Crippen LogP contribution < -0.4 is 11.1 Å². The summed E-state index contributed by atoms with van der Waals surface area (Å²) in [5.74, 6) is 0.787. The van der Waals surface area contributed by atoms with Crippen LogP contribution in [0.15, 0.2) is 24.4 Å². The van der Waals surface area contributed by atoms with Crippen LogP contribution in [0, 0.1) is 13.8 Å². The van der Waals surface area contributed by atoms with Crippen molar-refractivity contribution in [1.82, 2.24) is 14.4 Å². The van der Waals surface area contributed by atoms with Crippen molar-refractivity contribution < 1.29 is 0 Å². The number of benzene rings is 1. The van der Waals surface area contributed by atoms with E-state index in [0.717, 1.165) is 28.2 Å². The number of nitrogens with zero attached hydrogens (tertiary/aromatic N) is 3. The number of nitrogens with one attached hydrogen (secondary N) is 1. The second-order valence-electron chi connectivity index (χ2n) is 4.73. The number of imidazole rings is 1. The van der Waals surface area contributed by atoms with E-state index in [-0.39, 0.29) is 12.4 Å². The summed E-state index contributed by atoms with van der Waals surface area (Å²) in [5.41, 5.74) is 10.8. The molecule has 2 heterocycles. The molecule has 0 aliphatic rings. The first-order chi connectivity index (χ1) is 9.20. The van der Waals surface area contributed by atoms with Crippen LogP contribution in [0.5, 0.6) is 0 Å². The molecule has 0 unspecified atom stereocenters. The number of fused-ring (bicyclic) bond motifs is 3. The van der Waals surface area contributed by atoms with Gasteiger partial charge in [-0.05, 0) is 31.5 Å². The minimum Gasteiger partial charge on any atom is -0.366 e. The maximum atomic E-state index is 5.54. The van der Waals surface area contributed by atoms with Crippen molar-refractivity contribution in [2.24, 2.45) is 5.73 Å². The fraction of sp³-hybridized carbons (Fsp3) is 0.286. The molecule has 2 aromatic heterocycles. The van der Waals surface area contributed by atoms with Crippen LogP contribution in [0.2, 0.25) is 0 Å². The van der Waals surface area contributed by atoms with Crippen molar-refractivity contribution >= 4 is 34.9 Å². The molecule has 0 aliphatic carbocycles. The number of aryl methyl sites for hydroxylation is 2. The van der Waals surface area contributed by atoms with Gasteiger partial charge in [0, 0.05) is 25.0 Å². The van der Waals surface area contributed by atoms with Crippen molar-refractivity contribution in [3.8, 4) is 0 Å². The monoisotopic (exact) mass is 291 g/mol. The topological polar surface area (TPSA) is 68.2 Å². The zero-order chi connectivity index (χ0) is 13.4. The van der Waals surface area contributed by atoms with Crippen molar-refractivity contribution in [3.05, 3.63) is 35.7 Å². The number of hydrogen-bond acceptors (Lipinski definition) is 4. The Hall–Kier alpha value is -1.85. The zero-order valence-corrected chi connectivity index (χ0v) is 12.4. The first kappa shape index (κ1) is 14.6. The summed E-state index contributed by atoms with van der Waals surface area (Å²) < 4.78 is 2.13. The molecule has 5 nitrogen and oxygen atoms in total. The largest absolute Gasteiger partial charge is 0.366 e. The Kier molecular flexibility index (Phi) is 4.11. The van der Waals surface area contributed by atoms with E-state index in [1.807, 2.05) is 12.3 Å². The first-order valence-corrected chi connectivity index (χ1v) is 6.39. The molecule has 0 atom stereocenters. The smallest absolute Gasteiger partial charge is 0.180 e. The molecule has 0 spiro atoms. The van der Waals surface area contributed by atoms with Gasteiger partial charge in [0.2, 0.25) is 0 Å². The minimum atomic E-state index is 0. The third-order valence-electron chi connectivity index (χ3n) is 3.19. The van der Waals surface area contributed by atoms with Crippen molar-refractivity contribution in [2.75, 3.05) is 18.4 Å². The Morgan fingerprint density at radius 2 is 2.10 bits per heavy atom. The van der Waals surface area contributed by atoms with Gasteiger partial charge in [0.15, 0.2) is 11.5 Å². The summed E-state index contributed by atoms with van der Waals surface area (Å²) in [6.45, 7) is 5.39. The van der Waals surface area contributed by atoms with E-state index in [1.54, 1.807) is 0 Å². The van der Waals surface area contributed by atoms with Crippen LogP contribution in [-0.2, 0) is 0 Å². The molecule has 3 N–H and O–H groups in total. The van der Waals surface area contributed by atoms with E-state index < -0.39 is 0 Å². The Bertz CT molecular complexity index is 750. The lowest BCUT2D eigenvalue weighted by atomic mass is 10.2. The number of anilines is 1. The lowest BCUT2D eigenvalue weighted by Gasteiger charge is -2.10. The highest BCUT2D eigenvalue weighted by molar-refractivity contribution is 5.85. The highest BCUT2D eigenvalue weighted by Gasteiger charge is 2.11. The molecule has 6 heteroatoms. The Labute approximate surface area is 123 Å². The molecule has 3 rings (SSSR count). The van der Waals surface area contributed by atoms with Gasteiger partial charge in [-0.15, -0.1) is 12.4 Å². The van der Waals surface area contributed by atoms with Crippen LogP contribution in [0.3, 0.4) is 0 Å². The summed E-state index contributed by atoms with van der Waals surface area (Å²) in [7, 11) is 0. The molecule has 20 heavy (non-hydrogen) atoms. The fourth-order valence-electron chi connectivity index (χ4n) is 2.29. The third-order valence-corrected chi connectivity index (χ3v) is 3.19. The molecule has 0 amide bonds. The van der Waals surface area contributed by atoms with E-state index in [1.165, 1.54) is 5.56 Å². The number of rotatable bonds is 3. The van der Waals surface area contributed by atoms with Crippen molar-refractivity contribution in [3.63, 3.8) is 0 Å². The predicted octanol–water partition coefficient (Wildman–Crippen LogP) is 2.29. The fourth-order valence-corrected chi connectivity index (χ4v) is 2.29. The van der Waals surface area contributed by atoms with E-state index in [0.29, 0.717) is 13.1 Å². The third kappa shape index (κ3) is 2.30.